The van der Waals surface area contributed by atoms with Crippen LogP contribution >= 0.6 is 0 Å². The largest absolute Gasteiger partial charge is 0.366 e. The fraction of sp³-hybridized carbons (Fsp3) is 0.238. The van der Waals surface area contributed by atoms with Gasteiger partial charge in [0.1, 0.15) is 17.3 Å². The van der Waals surface area contributed by atoms with Crippen LogP contribution < -0.4 is 10.6 Å². The number of para-hydroxylation sites is 1. The number of rotatable bonds is 6. The van der Waals surface area contributed by atoms with Gasteiger partial charge in [0.25, 0.3) is 5.91 Å². The second kappa shape index (κ2) is 8.40. The van der Waals surface area contributed by atoms with Crippen molar-refractivity contribution >= 4 is 17.4 Å². The van der Waals surface area contributed by atoms with E-state index in [0.717, 1.165) is 16.8 Å². The van der Waals surface area contributed by atoms with E-state index in [-0.39, 0.29) is 5.91 Å². The molecule has 0 aliphatic carbocycles. The minimum atomic E-state index is -0.249. The molecule has 3 aromatic rings. The molecule has 2 heterocycles. The molecule has 6 nitrogen and oxygen atoms in total. The molecule has 2 N–H and O–H groups in total. The number of nitrogens with one attached hydrogen (secondary N) is 2. The average Bonchev–Trinajstić information content (AvgIpc) is 2.67. The van der Waals surface area contributed by atoms with Crippen LogP contribution in [-0.4, -0.2) is 20.9 Å². The molecule has 2 aromatic heterocycles. The molecule has 1 aromatic carbocycles. The highest BCUT2D eigenvalue weighted by molar-refractivity contribution is 6.03. The van der Waals surface area contributed by atoms with E-state index in [4.69, 9.17) is 0 Å². The lowest BCUT2D eigenvalue weighted by Gasteiger charge is -2.14. The van der Waals surface area contributed by atoms with Gasteiger partial charge in [0.2, 0.25) is 0 Å². The predicted octanol–water partition coefficient (Wildman–Crippen LogP) is 4.17. The zero-order chi connectivity index (χ0) is 19.2. The number of anilines is 2. The standard InChI is InChI=1S/C21H23N5O/c1-14(2)17-6-4-5-7-18(17)26-21(27)19-12-20(25-15(3)24-19)23-13-16-8-10-22-11-9-16/h4-12,14H,13H2,1-3H3,(H,26,27)(H,23,24,25). The van der Waals surface area contributed by atoms with E-state index < -0.39 is 0 Å². The molecule has 0 aliphatic rings. The van der Waals surface area contributed by atoms with Gasteiger partial charge < -0.3 is 10.6 Å². The third-order valence-electron chi connectivity index (χ3n) is 4.12. The van der Waals surface area contributed by atoms with Crippen molar-refractivity contribution in [1.82, 2.24) is 15.0 Å². The van der Waals surface area contributed by atoms with Crippen molar-refractivity contribution in [2.75, 3.05) is 10.6 Å². The molecule has 0 aliphatic heterocycles. The molecule has 0 atom stereocenters. The molecule has 0 fully saturated rings. The Bertz CT molecular complexity index is 925. The van der Waals surface area contributed by atoms with Gasteiger partial charge in [0.15, 0.2) is 0 Å². The molecule has 0 bridgehead atoms. The first kappa shape index (κ1) is 18.5. The van der Waals surface area contributed by atoms with Crippen LogP contribution in [0.4, 0.5) is 11.5 Å². The zero-order valence-electron chi connectivity index (χ0n) is 15.7. The molecule has 1 amide bonds. The van der Waals surface area contributed by atoms with Gasteiger partial charge in [-0.15, -0.1) is 0 Å². The second-order valence-corrected chi connectivity index (χ2v) is 6.59. The summed E-state index contributed by atoms with van der Waals surface area (Å²) in [6.45, 7) is 6.56. The van der Waals surface area contributed by atoms with Gasteiger partial charge in [0.05, 0.1) is 0 Å². The summed E-state index contributed by atoms with van der Waals surface area (Å²) in [5, 5.41) is 6.20. The van der Waals surface area contributed by atoms with Gasteiger partial charge in [-0.3, -0.25) is 9.78 Å². The molecule has 0 saturated heterocycles. The molecule has 0 spiro atoms. The number of pyridine rings is 1. The van der Waals surface area contributed by atoms with Crippen molar-refractivity contribution in [3.05, 3.63) is 77.5 Å². The summed E-state index contributed by atoms with van der Waals surface area (Å²) >= 11 is 0. The summed E-state index contributed by atoms with van der Waals surface area (Å²) in [4.78, 5) is 25.4. The molecule has 0 unspecified atom stereocenters. The van der Waals surface area contributed by atoms with Crippen molar-refractivity contribution in [3.8, 4) is 0 Å². The van der Waals surface area contributed by atoms with Crippen LogP contribution in [0.1, 0.15) is 47.2 Å². The lowest BCUT2D eigenvalue weighted by atomic mass is 10.0. The van der Waals surface area contributed by atoms with Crippen molar-refractivity contribution in [1.29, 1.82) is 0 Å². The Morgan fingerprint density at radius 1 is 1.07 bits per heavy atom. The maximum absolute atomic E-state index is 12.7. The highest BCUT2D eigenvalue weighted by atomic mass is 16.1. The van der Waals surface area contributed by atoms with E-state index >= 15 is 0 Å². The predicted molar refractivity (Wildman–Crippen MR) is 107 cm³/mol. The van der Waals surface area contributed by atoms with E-state index in [1.807, 2.05) is 36.4 Å². The Morgan fingerprint density at radius 3 is 2.56 bits per heavy atom. The van der Waals surface area contributed by atoms with Gasteiger partial charge in [-0.1, -0.05) is 32.0 Å². The highest BCUT2D eigenvalue weighted by Gasteiger charge is 2.14. The van der Waals surface area contributed by atoms with E-state index in [1.54, 1.807) is 25.4 Å². The Kier molecular flexibility index (Phi) is 5.76. The summed E-state index contributed by atoms with van der Waals surface area (Å²) in [5.41, 5.74) is 3.31. The molecule has 138 valence electrons. The second-order valence-electron chi connectivity index (χ2n) is 6.59. The lowest BCUT2D eigenvalue weighted by Crippen LogP contribution is -2.17. The number of amides is 1. The van der Waals surface area contributed by atoms with E-state index in [0.29, 0.717) is 29.8 Å². The molecule has 27 heavy (non-hydrogen) atoms. The normalized spacial score (nSPS) is 10.7. The Morgan fingerprint density at radius 2 is 1.81 bits per heavy atom. The summed E-state index contributed by atoms with van der Waals surface area (Å²) in [5.74, 6) is 1.21. The van der Waals surface area contributed by atoms with Crippen LogP contribution in [0.3, 0.4) is 0 Å². The van der Waals surface area contributed by atoms with Crippen LogP contribution in [0, 0.1) is 6.92 Å². The maximum Gasteiger partial charge on any atom is 0.274 e. The molecular formula is C21H23N5O. The number of aromatic nitrogens is 3. The van der Waals surface area contributed by atoms with E-state index in [2.05, 4.69) is 39.4 Å². The van der Waals surface area contributed by atoms with Crippen molar-refractivity contribution < 1.29 is 4.79 Å². The van der Waals surface area contributed by atoms with Crippen LogP contribution in [0.2, 0.25) is 0 Å². The van der Waals surface area contributed by atoms with Gasteiger partial charge in [-0.2, -0.15) is 0 Å². The van der Waals surface area contributed by atoms with Crippen molar-refractivity contribution in [2.24, 2.45) is 0 Å². The Labute approximate surface area is 159 Å². The van der Waals surface area contributed by atoms with E-state index in [9.17, 15) is 4.79 Å². The fourth-order valence-corrected chi connectivity index (χ4v) is 2.77. The minimum Gasteiger partial charge on any atom is -0.366 e. The molecule has 6 heteroatoms. The third kappa shape index (κ3) is 4.88. The molecule has 3 rings (SSSR count). The number of hydrogen-bond acceptors (Lipinski definition) is 5. The topological polar surface area (TPSA) is 79.8 Å². The molecule has 0 saturated carbocycles. The Balaban J connectivity index is 1.76. The smallest absolute Gasteiger partial charge is 0.274 e. The van der Waals surface area contributed by atoms with Crippen LogP contribution in [0.5, 0.6) is 0 Å². The average molecular weight is 361 g/mol. The first-order valence-corrected chi connectivity index (χ1v) is 8.91. The fourth-order valence-electron chi connectivity index (χ4n) is 2.77. The number of carbonyl (C=O) groups excluding carboxylic acids is 1. The number of hydrogen-bond donors (Lipinski definition) is 2. The summed E-state index contributed by atoms with van der Waals surface area (Å²) in [6, 6.07) is 13.3. The van der Waals surface area contributed by atoms with Crippen molar-refractivity contribution in [2.45, 2.75) is 33.2 Å². The zero-order valence-corrected chi connectivity index (χ0v) is 15.7. The Hall–Kier alpha value is -3.28. The maximum atomic E-state index is 12.7. The molecule has 0 radical (unpaired) electrons. The van der Waals surface area contributed by atoms with Crippen molar-refractivity contribution in [3.63, 3.8) is 0 Å². The number of carbonyl (C=O) groups is 1. The van der Waals surface area contributed by atoms with Gasteiger partial charge in [0, 0.05) is 30.7 Å². The summed E-state index contributed by atoms with van der Waals surface area (Å²) < 4.78 is 0. The van der Waals surface area contributed by atoms with Gasteiger partial charge >= 0.3 is 0 Å². The van der Waals surface area contributed by atoms with Crippen LogP contribution in [0.25, 0.3) is 0 Å². The SMILES string of the molecule is Cc1nc(NCc2ccncc2)cc(C(=O)Nc2ccccc2C(C)C)n1. The van der Waals surface area contributed by atoms with Gasteiger partial charge in [-0.05, 0) is 42.2 Å². The minimum absolute atomic E-state index is 0.249. The summed E-state index contributed by atoms with van der Waals surface area (Å²) in [7, 11) is 0. The number of nitrogens with zero attached hydrogens (tertiary/aromatic N) is 3. The highest BCUT2D eigenvalue weighted by Crippen LogP contribution is 2.24. The summed E-state index contributed by atoms with van der Waals surface area (Å²) in [6.07, 6.45) is 3.49. The lowest BCUT2D eigenvalue weighted by molar-refractivity contribution is 0.102. The molecular weight excluding hydrogens is 338 g/mol. The van der Waals surface area contributed by atoms with Crippen LogP contribution in [-0.2, 0) is 6.54 Å². The van der Waals surface area contributed by atoms with Crippen LogP contribution in [0.15, 0.2) is 54.9 Å². The monoisotopic (exact) mass is 361 g/mol. The number of benzene rings is 1. The first-order chi connectivity index (χ1) is 13.0. The van der Waals surface area contributed by atoms with Gasteiger partial charge in [-0.25, -0.2) is 9.97 Å². The first-order valence-electron chi connectivity index (χ1n) is 8.91. The third-order valence-corrected chi connectivity index (χ3v) is 4.12. The van der Waals surface area contributed by atoms with E-state index in [1.165, 1.54) is 0 Å². The number of aryl methyl sites for hydroxylation is 1. The quantitative estimate of drug-likeness (QED) is 0.689.